The summed E-state index contributed by atoms with van der Waals surface area (Å²) in [4.78, 5) is 0. The van der Waals surface area contributed by atoms with Crippen molar-refractivity contribution >= 4 is 11.6 Å². The molecule has 0 spiro atoms. The van der Waals surface area contributed by atoms with Crippen molar-refractivity contribution in [2.24, 2.45) is 0 Å². The maximum absolute atomic E-state index is 13.0. The summed E-state index contributed by atoms with van der Waals surface area (Å²) in [5.41, 5.74) is 0.832. The molecule has 1 fully saturated rings. The quantitative estimate of drug-likeness (QED) is 0.744. The van der Waals surface area contributed by atoms with Crippen LogP contribution >= 0.6 is 11.6 Å². The molecule has 76 valence electrons. The first kappa shape index (κ1) is 9.90. The zero-order valence-corrected chi connectivity index (χ0v) is 8.44. The second-order valence-electron chi connectivity index (χ2n) is 3.38. The Morgan fingerprint density at radius 2 is 2.21 bits per heavy atom. The van der Waals surface area contributed by atoms with E-state index in [-0.39, 0.29) is 11.9 Å². The lowest BCUT2D eigenvalue weighted by atomic mass is 10.1. The molecule has 2 N–H and O–H groups in total. The van der Waals surface area contributed by atoms with Crippen LogP contribution in [0.5, 0.6) is 0 Å². The first-order chi connectivity index (χ1) is 6.77. The minimum absolute atomic E-state index is 0.118. The topological polar surface area (TPSA) is 24.1 Å². The summed E-state index contributed by atoms with van der Waals surface area (Å²) in [6.45, 7) is 2.63. The van der Waals surface area contributed by atoms with Gasteiger partial charge in [0.1, 0.15) is 5.82 Å². The molecule has 1 aromatic carbocycles. The molecule has 0 aromatic heterocycles. The highest BCUT2D eigenvalue weighted by Crippen LogP contribution is 2.24. The fraction of sp³-hybridized carbons (Fsp3) is 0.400. The zero-order chi connectivity index (χ0) is 9.97. The number of benzene rings is 1. The van der Waals surface area contributed by atoms with Crippen molar-refractivity contribution in [1.82, 2.24) is 10.6 Å². The lowest BCUT2D eigenvalue weighted by molar-refractivity contribution is 0.429. The Morgan fingerprint density at radius 3 is 2.93 bits per heavy atom. The van der Waals surface area contributed by atoms with Gasteiger partial charge in [-0.05, 0) is 23.8 Å². The van der Waals surface area contributed by atoms with E-state index in [1.54, 1.807) is 6.07 Å². The SMILES string of the molecule is Fc1ccc(Cl)c(C2CNCCN2)c1. The van der Waals surface area contributed by atoms with Gasteiger partial charge in [-0.25, -0.2) is 4.39 Å². The smallest absolute Gasteiger partial charge is 0.123 e. The van der Waals surface area contributed by atoms with Crippen LogP contribution in [0.25, 0.3) is 0 Å². The van der Waals surface area contributed by atoms with Crippen LogP contribution < -0.4 is 10.6 Å². The van der Waals surface area contributed by atoms with E-state index >= 15 is 0 Å². The third-order valence-electron chi connectivity index (χ3n) is 2.37. The molecule has 0 aliphatic carbocycles. The predicted octanol–water partition coefficient (Wildman–Crippen LogP) is 1.71. The molecule has 2 rings (SSSR count). The molecule has 1 aliphatic heterocycles. The number of hydrogen-bond donors (Lipinski definition) is 2. The Bertz CT molecular complexity index is 324. The van der Waals surface area contributed by atoms with Gasteiger partial charge in [-0.1, -0.05) is 11.6 Å². The Labute approximate surface area is 87.5 Å². The molecule has 1 unspecified atom stereocenters. The lowest BCUT2D eigenvalue weighted by Gasteiger charge is -2.25. The van der Waals surface area contributed by atoms with Crippen molar-refractivity contribution in [2.75, 3.05) is 19.6 Å². The van der Waals surface area contributed by atoms with E-state index in [1.807, 2.05) is 0 Å². The average molecular weight is 215 g/mol. The summed E-state index contributed by atoms with van der Waals surface area (Å²) < 4.78 is 13.0. The van der Waals surface area contributed by atoms with Gasteiger partial charge in [0.25, 0.3) is 0 Å². The monoisotopic (exact) mass is 214 g/mol. The molecule has 0 radical (unpaired) electrons. The zero-order valence-electron chi connectivity index (χ0n) is 7.69. The van der Waals surface area contributed by atoms with Crippen LogP contribution in [0.2, 0.25) is 5.02 Å². The highest BCUT2D eigenvalue weighted by Gasteiger charge is 2.17. The van der Waals surface area contributed by atoms with Gasteiger partial charge in [-0.2, -0.15) is 0 Å². The van der Waals surface area contributed by atoms with Crippen molar-refractivity contribution < 1.29 is 4.39 Å². The molecule has 1 aromatic rings. The van der Waals surface area contributed by atoms with Crippen molar-refractivity contribution in [1.29, 1.82) is 0 Å². The molecule has 14 heavy (non-hydrogen) atoms. The van der Waals surface area contributed by atoms with E-state index in [0.29, 0.717) is 5.02 Å². The van der Waals surface area contributed by atoms with E-state index < -0.39 is 0 Å². The van der Waals surface area contributed by atoms with Crippen LogP contribution in [-0.4, -0.2) is 19.6 Å². The number of halogens is 2. The number of hydrogen-bond acceptors (Lipinski definition) is 2. The fourth-order valence-electron chi connectivity index (χ4n) is 1.65. The first-order valence-corrected chi connectivity index (χ1v) is 5.04. The highest BCUT2D eigenvalue weighted by molar-refractivity contribution is 6.31. The Kier molecular flexibility index (Phi) is 3.01. The molecule has 1 aliphatic rings. The molecule has 2 nitrogen and oxygen atoms in total. The van der Waals surface area contributed by atoms with E-state index in [2.05, 4.69) is 10.6 Å². The molecule has 1 saturated heterocycles. The van der Waals surface area contributed by atoms with Gasteiger partial charge in [-0.15, -0.1) is 0 Å². The second kappa shape index (κ2) is 4.26. The summed E-state index contributed by atoms with van der Waals surface area (Å²) in [6.07, 6.45) is 0. The highest BCUT2D eigenvalue weighted by atomic mass is 35.5. The van der Waals surface area contributed by atoms with E-state index in [0.717, 1.165) is 25.2 Å². The fourth-order valence-corrected chi connectivity index (χ4v) is 1.90. The molecular formula is C10H12ClFN2. The standard InChI is InChI=1S/C10H12ClFN2/c11-9-2-1-7(12)5-8(9)10-6-13-3-4-14-10/h1-2,5,10,13-14H,3-4,6H2. The van der Waals surface area contributed by atoms with Gasteiger partial charge in [0.05, 0.1) is 0 Å². The van der Waals surface area contributed by atoms with E-state index in [4.69, 9.17) is 11.6 Å². The normalized spacial score (nSPS) is 22.3. The molecule has 0 bridgehead atoms. The summed E-state index contributed by atoms with van der Waals surface area (Å²) in [6, 6.07) is 4.59. The van der Waals surface area contributed by atoms with E-state index in [1.165, 1.54) is 12.1 Å². The van der Waals surface area contributed by atoms with Crippen LogP contribution in [0.4, 0.5) is 4.39 Å². The second-order valence-corrected chi connectivity index (χ2v) is 3.78. The molecular weight excluding hydrogens is 203 g/mol. The number of piperazine rings is 1. The van der Waals surface area contributed by atoms with Crippen LogP contribution in [0.15, 0.2) is 18.2 Å². The van der Waals surface area contributed by atoms with Gasteiger partial charge in [-0.3, -0.25) is 0 Å². The van der Waals surface area contributed by atoms with Crippen molar-refractivity contribution in [3.8, 4) is 0 Å². The average Bonchev–Trinajstić information content (AvgIpc) is 2.23. The molecule has 0 amide bonds. The van der Waals surface area contributed by atoms with Crippen molar-refractivity contribution in [3.63, 3.8) is 0 Å². The van der Waals surface area contributed by atoms with Crippen LogP contribution in [0.3, 0.4) is 0 Å². The minimum atomic E-state index is -0.239. The summed E-state index contributed by atoms with van der Waals surface area (Å²) >= 11 is 6.00. The van der Waals surface area contributed by atoms with Gasteiger partial charge in [0.15, 0.2) is 0 Å². The van der Waals surface area contributed by atoms with Gasteiger partial charge in [0, 0.05) is 30.7 Å². The Morgan fingerprint density at radius 1 is 1.36 bits per heavy atom. The predicted molar refractivity (Wildman–Crippen MR) is 55.0 cm³/mol. The van der Waals surface area contributed by atoms with Crippen LogP contribution in [-0.2, 0) is 0 Å². The van der Waals surface area contributed by atoms with Crippen LogP contribution in [0, 0.1) is 5.82 Å². The molecule has 1 heterocycles. The lowest BCUT2D eigenvalue weighted by Crippen LogP contribution is -2.42. The maximum atomic E-state index is 13.0. The third-order valence-corrected chi connectivity index (χ3v) is 2.72. The Hall–Kier alpha value is -0.640. The first-order valence-electron chi connectivity index (χ1n) is 4.66. The summed E-state index contributed by atoms with van der Waals surface area (Å²) in [7, 11) is 0. The number of rotatable bonds is 1. The third kappa shape index (κ3) is 2.05. The largest absolute Gasteiger partial charge is 0.314 e. The maximum Gasteiger partial charge on any atom is 0.123 e. The Balaban J connectivity index is 2.24. The number of nitrogens with one attached hydrogen (secondary N) is 2. The van der Waals surface area contributed by atoms with Gasteiger partial charge < -0.3 is 10.6 Å². The minimum Gasteiger partial charge on any atom is -0.314 e. The molecule has 4 heteroatoms. The van der Waals surface area contributed by atoms with Crippen LogP contribution in [0.1, 0.15) is 11.6 Å². The van der Waals surface area contributed by atoms with Gasteiger partial charge >= 0.3 is 0 Å². The summed E-state index contributed by atoms with van der Waals surface area (Å²) in [5, 5.41) is 7.14. The molecule has 0 saturated carbocycles. The van der Waals surface area contributed by atoms with Crippen molar-refractivity contribution in [2.45, 2.75) is 6.04 Å². The summed E-state index contributed by atoms with van der Waals surface area (Å²) in [5.74, 6) is -0.239. The van der Waals surface area contributed by atoms with Gasteiger partial charge in [0.2, 0.25) is 0 Å². The molecule has 1 atom stereocenters. The van der Waals surface area contributed by atoms with Crippen molar-refractivity contribution in [3.05, 3.63) is 34.6 Å². The van der Waals surface area contributed by atoms with E-state index in [9.17, 15) is 4.39 Å².